The second-order valence-corrected chi connectivity index (χ2v) is 8.75. The van der Waals surface area contributed by atoms with E-state index in [9.17, 15) is 19.8 Å². The van der Waals surface area contributed by atoms with E-state index in [1.54, 1.807) is 36.4 Å². The van der Waals surface area contributed by atoms with E-state index in [1.807, 2.05) is 13.8 Å². The van der Waals surface area contributed by atoms with Crippen LogP contribution in [0.1, 0.15) is 31.0 Å². The highest BCUT2D eigenvalue weighted by molar-refractivity contribution is 6.52. The van der Waals surface area contributed by atoms with Crippen LogP contribution in [0.25, 0.3) is 5.76 Å². The number of rotatable bonds is 6. The van der Waals surface area contributed by atoms with Gasteiger partial charge in [0.25, 0.3) is 11.7 Å². The Labute approximate surface area is 201 Å². The van der Waals surface area contributed by atoms with Gasteiger partial charge < -0.3 is 14.9 Å². The van der Waals surface area contributed by atoms with Crippen LogP contribution in [0.5, 0.6) is 11.5 Å². The lowest BCUT2D eigenvalue weighted by Crippen LogP contribution is -2.29. The first-order chi connectivity index (χ1) is 16.3. The molecule has 1 aliphatic rings. The lowest BCUT2D eigenvalue weighted by molar-refractivity contribution is -0.132. The number of halogens is 1. The molecule has 7 nitrogen and oxygen atoms in total. The second-order valence-electron chi connectivity index (χ2n) is 8.31. The third kappa shape index (κ3) is 4.47. The molecule has 0 saturated carbocycles. The summed E-state index contributed by atoms with van der Waals surface area (Å²) in [6.45, 7) is 4.62. The molecule has 1 unspecified atom stereocenters. The van der Waals surface area contributed by atoms with Gasteiger partial charge >= 0.3 is 0 Å². The zero-order chi connectivity index (χ0) is 24.4. The van der Waals surface area contributed by atoms with Crippen molar-refractivity contribution in [3.63, 3.8) is 0 Å². The maximum Gasteiger partial charge on any atom is 0.300 e. The topological polar surface area (TPSA) is 100.0 Å². The molecule has 1 atom stereocenters. The van der Waals surface area contributed by atoms with Crippen molar-refractivity contribution in [3.8, 4) is 11.5 Å². The summed E-state index contributed by atoms with van der Waals surface area (Å²) >= 11 is 6.11. The lowest BCUT2D eigenvalue weighted by atomic mass is 9.95. The van der Waals surface area contributed by atoms with Gasteiger partial charge in [-0.15, -0.1) is 0 Å². The minimum absolute atomic E-state index is 0.0629. The SMILES string of the molecule is CC(C)COc1ccc(/C(O)=C2\C(=O)C(=O)N(c3cc(Cl)ccc3O)C2c2ccncc2)cc1. The molecule has 4 rings (SSSR count). The lowest BCUT2D eigenvalue weighted by Gasteiger charge is -2.26. The van der Waals surface area contributed by atoms with E-state index in [1.165, 1.54) is 30.6 Å². The molecular weight excluding hydrogens is 456 g/mol. The summed E-state index contributed by atoms with van der Waals surface area (Å²) in [4.78, 5) is 31.5. The number of ketones is 1. The number of carbonyl (C=O) groups is 2. The standard InChI is InChI=1S/C26H23ClN2O5/c1-15(2)14-34-19-6-3-17(4-7-19)24(31)22-23(16-9-11-28-12-10-16)29(26(33)25(22)32)20-13-18(27)5-8-21(20)30/h3-13,15,23,30-31H,14H2,1-2H3/b24-22+. The normalized spacial score (nSPS) is 17.4. The van der Waals surface area contributed by atoms with Gasteiger partial charge in [-0.3, -0.25) is 19.5 Å². The number of anilines is 1. The smallest absolute Gasteiger partial charge is 0.300 e. The number of hydrogen-bond acceptors (Lipinski definition) is 6. The Morgan fingerprint density at radius 3 is 2.41 bits per heavy atom. The molecule has 0 radical (unpaired) electrons. The largest absolute Gasteiger partial charge is 0.507 e. The third-order valence-electron chi connectivity index (χ3n) is 5.37. The molecular formula is C26H23ClN2O5. The van der Waals surface area contributed by atoms with Crippen molar-refractivity contribution >= 4 is 34.7 Å². The van der Waals surface area contributed by atoms with Gasteiger partial charge in [-0.2, -0.15) is 0 Å². The van der Waals surface area contributed by atoms with Gasteiger partial charge in [0.2, 0.25) is 0 Å². The van der Waals surface area contributed by atoms with Crippen LogP contribution in [0.4, 0.5) is 5.69 Å². The van der Waals surface area contributed by atoms with Gasteiger partial charge in [-0.1, -0.05) is 25.4 Å². The molecule has 1 aromatic heterocycles. The maximum atomic E-state index is 13.2. The van der Waals surface area contributed by atoms with Crippen molar-refractivity contribution in [2.45, 2.75) is 19.9 Å². The number of aliphatic hydroxyl groups excluding tert-OH is 1. The van der Waals surface area contributed by atoms with Crippen molar-refractivity contribution in [3.05, 3.63) is 88.7 Å². The van der Waals surface area contributed by atoms with E-state index in [-0.39, 0.29) is 27.8 Å². The summed E-state index contributed by atoms with van der Waals surface area (Å²) in [5.41, 5.74) is 0.843. The molecule has 2 N–H and O–H groups in total. The van der Waals surface area contributed by atoms with Crippen LogP contribution >= 0.6 is 11.6 Å². The minimum Gasteiger partial charge on any atom is -0.507 e. The van der Waals surface area contributed by atoms with Crippen LogP contribution in [-0.2, 0) is 9.59 Å². The number of benzene rings is 2. The van der Waals surface area contributed by atoms with Gasteiger partial charge in [0.15, 0.2) is 0 Å². The van der Waals surface area contributed by atoms with Gasteiger partial charge in [0.05, 0.1) is 23.9 Å². The highest BCUT2D eigenvalue weighted by Crippen LogP contribution is 2.45. The van der Waals surface area contributed by atoms with Gasteiger partial charge in [-0.25, -0.2) is 0 Å². The highest BCUT2D eigenvalue weighted by Gasteiger charge is 2.47. The van der Waals surface area contributed by atoms with Crippen molar-refractivity contribution < 1.29 is 24.5 Å². The Morgan fingerprint density at radius 2 is 1.76 bits per heavy atom. The Balaban J connectivity index is 1.83. The summed E-state index contributed by atoms with van der Waals surface area (Å²) in [5, 5.41) is 21.9. The maximum absolute atomic E-state index is 13.2. The zero-order valence-corrected chi connectivity index (χ0v) is 19.4. The molecule has 1 fully saturated rings. The Hall–Kier alpha value is -3.84. The van der Waals surface area contributed by atoms with E-state index in [4.69, 9.17) is 16.3 Å². The van der Waals surface area contributed by atoms with E-state index in [0.717, 1.165) is 4.90 Å². The van der Waals surface area contributed by atoms with Gasteiger partial charge in [0, 0.05) is 23.0 Å². The molecule has 0 aliphatic carbocycles. The van der Waals surface area contributed by atoms with E-state index in [2.05, 4.69) is 4.98 Å². The van der Waals surface area contributed by atoms with Gasteiger partial charge in [-0.05, 0) is 66.1 Å². The average Bonchev–Trinajstić information content (AvgIpc) is 3.10. The van der Waals surface area contributed by atoms with Crippen molar-refractivity contribution in [2.75, 3.05) is 11.5 Å². The quantitative estimate of drug-likeness (QED) is 0.290. The number of ether oxygens (including phenoxy) is 1. The number of nitrogens with zero attached hydrogens (tertiary/aromatic N) is 2. The molecule has 2 aromatic carbocycles. The first-order valence-electron chi connectivity index (χ1n) is 10.7. The Morgan fingerprint density at radius 1 is 1.09 bits per heavy atom. The summed E-state index contributed by atoms with van der Waals surface area (Å²) in [7, 11) is 0. The number of amides is 1. The van der Waals surface area contributed by atoms with Crippen LogP contribution in [0.2, 0.25) is 5.02 Å². The summed E-state index contributed by atoms with van der Waals surface area (Å²) < 4.78 is 5.68. The minimum atomic E-state index is -0.996. The van der Waals surface area contributed by atoms with Crippen molar-refractivity contribution in [2.24, 2.45) is 5.92 Å². The van der Waals surface area contributed by atoms with E-state index < -0.39 is 17.7 Å². The predicted molar refractivity (Wildman–Crippen MR) is 129 cm³/mol. The molecule has 174 valence electrons. The number of aliphatic hydroxyl groups is 1. The average molecular weight is 479 g/mol. The molecule has 0 bridgehead atoms. The fourth-order valence-corrected chi connectivity index (χ4v) is 3.93. The molecule has 1 amide bonds. The number of aromatic nitrogens is 1. The van der Waals surface area contributed by atoms with Crippen molar-refractivity contribution in [1.29, 1.82) is 0 Å². The molecule has 2 heterocycles. The number of aromatic hydroxyl groups is 1. The van der Waals surface area contributed by atoms with Crippen molar-refractivity contribution in [1.82, 2.24) is 4.98 Å². The van der Waals surface area contributed by atoms with E-state index in [0.29, 0.717) is 29.4 Å². The number of pyridine rings is 1. The fourth-order valence-electron chi connectivity index (χ4n) is 3.76. The van der Waals surface area contributed by atoms with Crippen LogP contribution in [-0.4, -0.2) is 33.5 Å². The number of Topliss-reactive ketones (excluding diaryl/α,β-unsaturated/α-hetero) is 1. The summed E-state index contributed by atoms with van der Waals surface area (Å²) in [6.07, 6.45) is 3.04. The summed E-state index contributed by atoms with van der Waals surface area (Å²) in [5.74, 6) is -1.35. The molecule has 3 aromatic rings. The number of carbonyl (C=O) groups excluding carboxylic acids is 2. The zero-order valence-electron chi connectivity index (χ0n) is 18.6. The van der Waals surface area contributed by atoms with Gasteiger partial charge in [0.1, 0.15) is 17.3 Å². The summed E-state index contributed by atoms with van der Waals surface area (Å²) in [6, 6.07) is 13.1. The monoisotopic (exact) mass is 478 g/mol. The molecule has 0 spiro atoms. The van der Waals surface area contributed by atoms with Crippen LogP contribution < -0.4 is 9.64 Å². The third-order valence-corrected chi connectivity index (χ3v) is 5.61. The van der Waals surface area contributed by atoms with E-state index >= 15 is 0 Å². The highest BCUT2D eigenvalue weighted by atomic mass is 35.5. The first-order valence-corrected chi connectivity index (χ1v) is 11.1. The fraction of sp³-hybridized carbons (Fsp3) is 0.192. The number of phenolic OH excluding ortho intramolecular Hbond substituents is 1. The molecule has 8 heteroatoms. The second kappa shape index (κ2) is 9.57. The number of hydrogen-bond donors (Lipinski definition) is 2. The molecule has 1 aliphatic heterocycles. The predicted octanol–water partition coefficient (Wildman–Crippen LogP) is 5.10. The number of phenols is 1. The molecule has 1 saturated heterocycles. The van der Waals surface area contributed by atoms with Crippen LogP contribution in [0, 0.1) is 5.92 Å². The van der Waals surface area contributed by atoms with Crippen LogP contribution in [0.15, 0.2) is 72.6 Å². The van der Waals surface area contributed by atoms with Crippen LogP contribution in [0.3, 0.4) is 0 Å². The Kier molecular flexibility index (Phi) is 6.56. The molecule has 34 heavy (non-hydrogen) atoms. The first kappa shape index (κ1) is 23.3. The Bertz CT molecular complexity index is 1260.